The Balaban J connectivity index is 3.49. The smallest absolute Gasteiger partial charge is 0.0897 e. The van der Waals surface area contributed by atoms with Gasteiger partial charge in [0.15, 0.2) is 0 Å². The Morgan fingerprint density at radius 2 is 1.70 bits per heavy atom. The van der Waals surface area contributed by atoms with Gasteiger partial charge in [0.25, 0.3) is 0 Å². The molecule has 0 aromatic heterocycles. The first-order chi connectivity index (χ1) is 9.63. The van der Waals surface area contributed by atoms with Crippen LogP contribution in [-0.2, 0) is 4.74 Å². The summed E-state index contributed by atoms with van der Waals surface area (Å²) in [5.41, 5.74) is 0. The van der Waals surface area contributed by atoms with Crippen molar-refractivity contribution in [2.24, 2.45) is 5.92 Å². The maximum Gasteiger partial charge on any atom is 0.0897 e. The van der Waals surface area contributed by atoms with E-state index in [2.05, 4.69) is 19.2 Å². The summed E-state index contributed by atoms with van der Waals surface area (Å²) in [6.45, 7) is 8.78. The fourth-order valence-corrected chi connectivity index (χ4v) is 2.07. The van der Waals surface area contributed by atoms with Gasteiger partial charge in [-0.15, -0.1) is 0 Å². The molecular weight excluding hydrogens is 254 g/mol. The van der Waals surface area contributed by atoms with Crippen LogP contribution >= 0.6 is 0 Å². The summed E-state index contributed by atoms with van der Waals surface area (Å²) in [5, 5.41) is 22.3. The van der Waals surface area contributed by atoms with Gasteiger partial charge in [-0.2, -0.15) is 0 Å². The first-order valence-corrected chi connectivity index (χ1v) is 8.28. The molecule has 0 saturated carbocycles. The van der Waals surface area contributed by atoms with E-state index in [0.29, 0.717) is 19.1 Å². The minimum atomic E-state index is -0.461. The average Bonchev–Trinajstić information content (AvgIpc) is 2.46. The van der Waals surface area contributed by atoms with E-state index in [1.165, 1.54) is 19.3 Å². The predicted octanol–water partition coefficient (Wildman–Crippen LogP) is 2.33. The van der Waals surface area contributed by atoms with E-state index in [1.807, 2.05) is 6.92 Å². The third-order valence-electron chi connectivity index (χ3n) is 3.71. The highest BCUT2D eigenvalue weighted by Crippen LogP contribution is 2.12. The standard InChI is InChI=1S/C16H35NO3/c1-4-7-8-14(5-2)12-20-13-16(19)11-17-10-9-15(18)6-3/h14-19H,4-13H2,1-3H3. The van der Waals surface area contributed by atoms with E-state index in [0.717, 1.165) is 32.4 Å². The molecule has 122 valence electrons. The molecule has 0 aromatic rings. The molecule has 0 amide bonds. The number of nitrogens with one attached hydrogen (secondary N) is 1. The molecule has 0 aliphatic rings. The molecule has 20 heavy (non-hydrogen) atoms. The SMILES string of the molecule is CCCCC(CC)COCC(O)CNCCC(O)CC. The summed E-state index contributed by atoms with van der Waals surface area (Å²) >= 11 is 0. The van der Waals surface area contributed by atoms with Crippen molar-refractivity contribution >= 4 is 0 Å². The molecule has 0 aliphatic carbocycles. The lowest BCUT2D eigenvalue weighted by Crippen LogP contribution is -2.32. The van der Waals surface area contributed by atoms with Gasteiger partial charge in [-0.05, 0) is 31.7 Å². The molecule has 4 heteroatoms. The van der Waals surface area contributed by atoms with Crippen LogP contribution in [0, 0.1) is 5.92 Å². The van der Waals surface area contributed by atoms with Gasteiger partial charge >= 0.3 is 0 Å². The van der Waals surface area contributed by atoms with E-state index in [-0.39, 0.29) is 6.10 Å². The van der Waals surface area contributed by atoms with Gasteiger partial charge in [-0.1, -0.05) is 40.0 Å². The Labute approximate surface area is 124 Å². The molecule has 0 aromatic carbocycles. The fraction of sp³-hybridized carbons (Fsp3) is 1.00. The molecule has 0 radical (unpaired) electrons. The molecule has 0 fully saturated rings. The van der Waals surface area contributed by atoms with Gasteiger partial charge in [0.1, 0.15) is 0 Å². The Bertz CT molecular complexity index is 202. The molecule has 0 bridgehead atoms. The maximum absolute atomic E-state index is 9.78. The summed E-state index contributed by atoms with van der Waals surface area (Å²) in [6, 6.07) is 0. The van der Waals surface area contributed by atoms with Gasteiger partial charge < -0.3 is 20.3 Å². The maximum atomic E-state index is 9.78. The molecular formula is C16H35NO3. The summed E-state index contributed by atoms with van der Waals surface area (Å²) in [4.78, 5) is 0. The van der Waals surface area contributed by atoms with Crippen LogP contribution in [0.3, 0.4) is 0 Å². The van der Waals surface area contributed by atoms with Crippen LogP contribution < -0.4 is 5.32 Å². The highest BCUT2D eigenvalue weighted by molar-refractivity contribution is 4.62. The van der Waals surface area contributed by atoms with Crippen LogP contribution in [0.5, 0.6) is 0 Å². The number of aliphatic hydroxyl groups is 2. The monoisotopic (exact) mass is 289 g/mol. The third kappa shape index (κ3) is 11.6. The minimum Gasteiger partial charge on any atom is -0.393 e. The van der Waals surface area contributed by atoms with Gasteiger partial charge in [0.05, 0.1) is 18.8 Å². The first-order valence-electron chi connectivity index (χ1n) is 8.28. The molecule has 0 saturated heterocycles. The molecule has 0 heterocycles. The third-order valence-corrected chi connectivity index (χ3v) is 3.71. The van der Waals surface area contributed by atoms with Crippen molar-refractivity contribution in [3.05, 3.63) is 0 Å². The van der Waals surface area contributed by atoms with E-state index in [1.54, 1.807) is 0 Å². The molecule has 3 unspecified atom stereocenters. The Kier molecular flexibility index (Phi) is 13.7. The zero-order chi connectivity index (χ0) is 15.2. The Hall–Kier alpha value is -0.160. The van der Waals surface area contributed by atoms with E-state index in [9.17, 15) is 10.2 Å². The van der Waals surface area contributed by atoms with E-state index < -0.39 is 6.10 Å². The number of hydrogen-bond acceptors (Lipinski definition) is 4. The van der Waals surface area contributed by atoms with Crippen LogP contribution in [0.1, 0.15) is 59.3 Å². The van der Waals surface area contributed by atoms with Crippen LogP contribution in [0.4, 0.5) is 0 Å². The van der Waals surface area contributed by atoms with Crippen molar-refractivity contribution in [1.29, 1.82) is 0 Å². The van der Waals surface area contributed by atoms with Crippen LogP contribution in [-0.4, -0.2) is 48.7 Å². The predicted molar refractivity (Wildman–Crippen MR) is 83.9 cm³/mol. The number of ether oxygens (including phenoxy) is 1. The normalized spacial score (nSPS) is 16.1. The number of hydrogen-bond donors (Lipinski definition) is 3. The summed E-state index contributed by atoms with van der Waals surface area (Å²) < 4.78 is 5.61. The Morgan fingerprint density at radius 1 is 0.950 bits per heavy atom. The van der Waals surface area contributed by atoms with E-state index in [4.69, 9.17) is 4.74 Å². The summed E-state index contributed by atoms with van der Waals surface area (Å²) in [7, 11) is 0. The van der Waals surface area contributed by atoms with Crippen molar-refractivity contribution in [3.63, 3.8) is 0 Å². The molecule has 0 aliphatic heterocycles. The lowest BCUT2D eigenvalue weighted by atomic mass is 10.0. The van der Waals surface area contributed by atoms with E-state index >= 15 is 0 Å². The largest absolute Gasteiger partial charge is 0.393 e. The number of aliphatic hydroxyl groups excluding tert-OH is 2. The van der Waals surface area contributed by atoms with Crippen molar-refractivity contribution in [3.8, 4) is 0 Å². The molecule has 3 atom stereocenters. The lowest BCUT2D eigenvalue weighted by Gasteiger charge is -2.17. The van der Waals surface area contributed by atoms with Crippen LogP contribution in [0.25, 0.3) is 0 Å². The second kappa shape index (κ2) is 13.8. The van der Waals surface area contributed by atoms with Crippen molar-refractivity contribution in [1.82, 2.24) is 5.32 Å². The highest BCUT2D eigenvalue weighted by Gasteiger charge is 2.09. The van der Waals surface area contributed by atoms with Gasteiger partial charge in [0, 0.05) is 13.2 Å². The molecule has 0 spiro atoms. The number of rotatable bonds is 14. The van der Waals surface area contributed by atoms with Crippen molar-refractivity contribution in [2.45, 2.75) is 71.5 Å². The summed E-state index contributed by atoms with van der Waals surface area (Å²) in [6.07, 6.45) is 5.66. The highest BCUT2D eigenvalue weighted by atomic mass is 16.5. The van der Waals surface area contributed by atoms with Gasteiger partial charge in [-0.3, -0.25) is 0 Å². The lowest BCUT2D eigenvalue weighted by molar-refractivity contribution is 0.0190. The van der Waals surface area contributed by atoms with Gasteiger partial charge in [-0.25, -0.2) is 0 Å². The molecule has 3 N–H and O–H groups in total. The second-order valence-corrected chi connectivity index (χ2v) is 5.66. The van der Waals surface area contributed by atoms with Gasteiger partial charge in [0.2, 0.25) is 0 Å². The Morgan fingerprint density at radius 3 is 2.30 bits per heavy atom. The minimum absolute atomic E-state index is 0.236. The molecule has 4 nitrogen and oxygen atoms in total. The first kappa shape index (κ1) is 19.8. The number of unbranched alkanes of at least 4 members (excludes halogenated alkanes) is 1. The van der Waals surface area contributed by atoms with Crippen molar-refractivity contribution < 1.29 is 14.9 Å². The quantitative estimate of drug-likeness (QED) is 0.430. The van der Waals surface area contributed by atoms with Crippen molar-refractivity contribution in [2.75, 3.05) is 26.3 Å². The fourth-order valence-electron chi connectivity index (χ4n) is 2.07. The second-order valence-electron chi connectivity index (χ2n) is 5.66. The zero-order valence-electron chi connectivity index (χ0n) is 13.6. The summed E-state index contributed by atoms with van der Waals surface area (Å²) in [5.74, 6) is 0.620. The topological polar surface area (TPSA) is 61.7 Å². The average molecular weight is 289 g/mol. The van der Waals surface area contributed by atoms with Crippen LogP contribution in [0.2, 0.25) is 0 Å². The zero-order valence-corrected chi connectivity index (χ0v) is 13.6. The molecule has 0 rings (SSSR count). The van der Waals surface area contributed by atoms with Crippen LogP contribution in [0.15, 0.2) is 0 Å².